The van der Waals surface area contributed by atoms with Gasteiger partial charge in [-0.3, -0.25) is 10.1 Å². The van der Waals surface area contributed by atoms with Gasteiger partial charge < -0.3 is 9.47 Å². The van der Waals surface area contributed by atoms with Gasteiger partial charge in [-0.2, -0.15) is 0 Å². The summed E-state index contributed by atoms with van der Waals surface area (Å²) in [5.74, 6) is 1.11. The molecular formula is C21H22N2O3S. The third-order valence-corrected chi connectivity index (χ3v) is 5.00. The van der Waals surface area contributed by atoms with E-state index in [9.17, 15) is 4.79 Å². The van der Waals surface area contributed by atoms with Crippen LogP contribution in [-0.4, -0.2) is 25.1 Å². The van der Waals surface area contributed by atoms with Gasteiger partial charge in [0.1, 0.15) is 0 Å². The van der Waals surface area contributed by atoms with Crippen LogP contribution in [0.5, 0.6) is 11.5 Å². The minimum absolute atomic E-state index is 0.290. The number of methoxy groups -OCH3 is 2. The number of aromatic nitrogens is 1. The van der Waals surface area contributed by atoms with E-state index in [1.165, 1.54) is 31.1 Å². The van der Waals surface area contributed by atoms with E-state index in [1.54, 1.807) is 18.2 Å². The zero-order valence-corrected chi connectivity index (χ0v) is 16.6. The molecule has 6 heteroatoms. The van der Waals surface area contributed by atoms with Crippen molar-refractivity contribution >= 4 is 22.4 Å². The first-order valence-corrected chi connectivity index (χ1v) is 9.49. The highest BCUT2D eigenvalue weighted by Gasteiger charge is 2.17. The number of para-hydroxylation sites is 1. The Morgan fingerprint density at radius 2 is 1.81 bits per heavy atom. The minimum atomic E-state index is -0.290. The van der Waals surface area contributed by atoms with Crippen LogP contribution >= 0.6 is 11.3 Å². The van der Waals surface area contributed by atoms with E-state index in [0.717, 1.165) is 11.3 Å². The Morgan fingerprint density at radius 1 is 1.07 bits per heavy atom. The lowest BCUT2D eigenvalue weighted by molar-refractivity contribution is 0.102. The van der Waals surface area contributed by atoms with E-state index in [-0.39, 0.29) is 5.91 Å². The highest BCUT2D eigenvalue weighted by molar-refractivity contribution is 7.14. The molecule has 0 unspecified atom stereocenters. The van der Waals surface area contributed by atoms with Gasteiger partial charge in [0.05, 0.1) is 25.5 Å². The van der Waals surface area contributed by atoms with E-state index < -0.39 is 0 Å². The molecule has 2 aromatic carbocycles. The zero-order valence-electron chi connectivity index (χ0n) is 15.8. The Balaban J connectivity index is 1.79. The predicted octanol–water partition coefficient (Wildman–Crippen LogP) is 5.20. The minimum Gasteiger partial charge on any atom is -0.493 e. The molecule has 0 aliphatic heterocycles. The van der Waals surface area contributed by atoms with Gasteiger partial charge in [0.25, 0.3) is 5.91 Å². The molecule has 0 fully saturated rings. The van der Waals surface area contributed by atoms with Gasteiger partial charge in [0.15, 0.2) is 16.6 Å². The van der Waals surface area contributed by atoms with Crippen LogP contribution in [0.1, 0.15) is 35.7 Å². The number of carbonyl (C=O) groups excluding carboxylic acids is 1. The van der Waals surface area contributed by atoms with Gasteiger partial charge in [-0.1, -0.05) is 44.2 Å². The fourth-order valence-electron chi connectivity index (χ4n) is 2.73. The van der Waals surface area contributed by atoms with Gasteiger partial charge in [0, 0.05) is 10.9 Å². The fourth-order valence-corrected chi connectivity index (χ4v) is 3.45. The molecule has 0 aliphatic carbocycles. The standard InChI is InChI=1S/C21H22N2O3S/c1-13(2)14-8-10-15(11-9-14)17-12-27-21(22-17)23-20(24)16-6-5-7-18(25-3)19(16)26-4/h5-13H,1-4H3,(H,22,23,24). The number of amides is 1. The van der Waals surface area contributed by atoms with Gasteiger partial charge in [-0.05, 0) is 23.6 Å². The smallest absolute Gasteiger partial charge is 0.261 e. The molecule has 140 valence electrons. The molecule has 0 spiro atoms. The van der Waals surface area contributed by atoms with Crippen molar-refractivity contribution in [3.05, 3.63) is 59.0 Å². The molecule has 1 aromatic heterocycles. The molecule has 0 radical (unpaired) electrons. The number of nitrogens with zero attached hydrogens (tertiary/aromatic N) is 1. The SMILES string of the molecule is COc1cccc(C(=O)Nc2nc(-c3ccc(C(C)C)cc3)cs2)c1OC. The molecule has 3 rings (SSSR count). The van der Waals surface area contributed by atoms with Crippen molar-refractivity contribution in [1.29, 1.82) is 0 Å². The maximum absolute atomic E-state index is 12.6. The molecule has 1 amide bonds. The maximum Gasteiger partial charge on any atom is 0.261 e. The van der Waals surface area contributed by atoms with Crippen LogP contribution in [0.3, 0.4) is 0 Å². The Morgan fingerprint density at radius 3 is 2.44 bits per heavy atom. The first-order valence-electron chi connectivity index (χ1n) is 8.61. The molecule has 0 atom stereocenters. The number of thiazole rings is 1. The first kappa shape index (κ1) is 18.9. The fraction of sp³-hybridized carbons (Fsp3) is 0.238. The van der Waals surface area contributed by atoms with E-state index in [0.29, 0.717) is 28.1 Å². The Labute approximate surface area is 163 Å². The maximum atomic E-state index is 12.6. The molecule has 0 bridgehead atoms. The molecule has 0 aliphatic rings. The molecule has 0 saturated heterocycles. The summed E-state index contributed by atoms with van der Waals surface area (Å²) in [5, 5.41) is 5.31. The van der Waals surface area contributed by atoms with Crippen LogP contribution in [-0.2, 0) is 0 Å². The average Bonchev–Trinajstić information content (AvgIpc) is 3.15. The van der Waals surface area contributed by atoms with Gasteiger partial charge in [0.2, 0.25) is 0 Å². The normalized spacial score (nSPS) is 10.7. The number of hydrogen-bond acceptors (Lipinski definition) is 5. The number of carbonyl (C=O) groups is 1. The zero-order chi connectivity index (χ0) is 19.4. The lowest BCUT2D eigenvalue weighted by Crippen LogP contribution is -2.13. The average molecular weight is 382 g/mol. The van der Waals surface area contributed by atoms with Crippen molar-refractivity contribution in [2.24, 2.45) is 0 Å². The number of rotatable bonds is 6. The molecule has 5 nitrogen and oxygen atoms in total. The third kappa shape index (κ3) is 4.11. The number of anilines is 1. The number of nitrogens with one attached hydrogen (secondary N) is 1. The third-order valence-electron chi connectivity index (χ3n) is 4.25. The Bertz CT molecular complexity index is 933. The van der Waals surface area contributed by atoms with E-state index >= 15 is 0 Å². The summed E-state index contributed by atoms with van der Waals surface area (Å²) in [7, 11) is 3.05. The van der Waals surface area contributed by atoms with E-state index in [4.69, 9.17) is 9.47 Å². The van der Waals surface area contributed by atoms with Crippen LogP contribution in [0.4, 0.5) is 5.13 Å². The van der Waals surface area contributed by atoms with Crippen LogP contribution < -0.4 is 14.8 Å². The lowest BCUT2D eigenvalue weighted by atomic mass is 10.0. The number of hydrogen-bond donors (Lipinski definition) is 1. The number of benzene rings is 2. The second-order valence-corrected chi connectivity index (χ2v) is 7.17. The quantitative estimate of drug-likeness (QED) is 0.636. The molecule has 27 heavy (non-hydrogen) atoms. The Kier molecular flexibility index (Phi) is 5.76. The van der Waals surface area contributed by atoms with Crippen LogP contribution in [0, 0.1) is 0 Å². The van der Waals surface area contributed by atoms with E-state index in [1.807, 2.05) is 5.38 Å². The summed E-state index contributed by atoms with van der Waals surface area (Å²) < 4.78 is 10.6. The Hall–Kier alpha value is -2.86. The molecule has 0 saturated carbocycles. The van der Waals surface area contributed by atoms with Crippen molar-refractivity contribution in [3.8, 4) is 22.8 Å². The summed E-state index contributed by atoms with van der Waals surface area (Å²) in [5.41, 5.74) is 3.54. The second-order valence-electron chi connectivity index (χ2n) is 6.31. The van der Waals surface area contributed by atoms with Crippen LogP contribution in [0.15, 0.2) is 47.8 Å². The van der Waals surface area contributed by atoms with Gasteiger partial charge in [-0.15, -0.1) is 11.3 Å². The highest BCUT2D eigenvalue weighted by Crippen LogP contribution is 2.32. The largest absolute Gasteiger partial charge is 0.493 e. The van der Waals surface area contributed by atoms with Crippen molar-refractivity contribution in [1.82, 2.24) is 4.98 Å². The molecular weight excluding hydrogens is 360 g/mol. The monoisotopic (exact) mass is 382 g/mol. The summed E-state index contributed by atoms with van der Waals surface area (Å²) in [6.45, 7) is 4.33. The van der Waals surface area contributed by atoms with E-state index in [2.05, 4.69) is 48.4 Å². The van der Waals surface area contributed by atoms with Crippen molar-refractivity contribution < 1.29 is 14.3 Å². The second kappa shape index (κ2) is 8.22. The first-order chi connectivity index (χ1) is 13.0. The predicted molar refractivity (Wildman–Crippen MR) is 109 cm³/mol. The highest BCUT2D eigenvalue weighted by atomic mass is 32.1. The molecule has 1 heterocycles. The summed E-state index contributed by atoms with van der Waals surface area (Å²) in [4.78, 5) is 17.2. The van der Waals surface area contributed by atoms with Crippen molar-refractivity contribution in [2.45, 2.75) is 19.8 Å². The van der Waals surface area contributed by atoms with Gasteiger partial charge >= 0.3 is 0 Å². The summed E-state index contributed by atoms with van der Waals surface area (Å²) in [6.07, 6.45) is 0. The summed E-state index contributed by atoms with van der Waals surface area (Å²) >= 11 is 1.39. The molecule has 1 N–H and O–H groups in total. The van der Waals surface area contributed by atoms with Crippen molar-refractivity contribution in [3.63, 3.8) is 0 Å². The lowest BCUT2D eigenvalue weighted by Gasteiger charge is -2.11. The van der Waals surface area contributed by atoms with Crippen molar-refractivity contribution in [2.75, 3.05) is 19.5 Å². The summed E-state index contributed by atoms with van der Waals surface area (Å²) in [6, 6.07) is 13.5. The van der Waals surface area contributed by atoms with Crippen LogP contribution in [0.25, 0.3) is 11.3 Å². The molecule has 3 aromatic rings. The topological polar surface area (TPSA) is 60.5 Å². The number of ether oxygens (including phenoxy) is 2. The van der Waals surface area contributed by atoms with Crippen LogP contribution in [0.2, 0.25) is 0 Å². The van der Waals surface area contributed by atoms with Gasteiger partial charge in [-0.25, -0.2) is 4.98 Å².